The zero-order chi connectivity index (χ0) is 22.9. The van der Waals surface area contributed by atoms with Crippen LogP contribution in [-0.4, -0.2) is 31.8 Å². The van der Waals surface area contributed by atoms with Crippen LogP contribution in [0.15, 0.2) is 71.8 Å². The lowest BCUT2D eigenvalue weighted by Crippen LogP contribution is -2.24. The third-order valence-corrected chi connectivity index (χ3v) is 4.62. The highest BCUT2D eigenvalue weighted by molar-refractivity contribution is 6.36. The molecule has 0 fully saturated rings. The van der Waals surface area contributed by atoms with Crippen LogP contribution in [0.5, 0.6) is 17.2 Å². The zero-order valence-corrected chi connectivity index (χ0v) is 18.4. The van der Waals surface area contributed by atoms with Crippen molar-refractivity contribution in [1.29, 1.82) is 0 Å². The summed E-state index contributed by atoms with van der Waals surface area (Å²) in [5.74, 6) is 0.280. The van der Waals surface area contributed by atoms with Crippen LogP contribution in [0.3, 0.4) is 0 Å². The molecular formula is C23H18Cl2N2O5. The summed E-state index contributed by atoms with van der Waals surface area (Å²) in [6.07, 6.45) is 1.45. The molecule has 164 valence electrons. The second kappa shape index (κ2) is 11.2. The van der Waals surface area contributed by atoms with E-state index in [0.717, 1.165) is 0 Å². The summed E-state index contributed by atoms with van der Waals surface area (Å²) in [5, 5.41) is 4.51. The maximum Gasteiger partial charge on any atom is 0.345 e. The molecule has 0 saturated heterocycles. The summed E-state index contributed by atoms with van der Waals surface area (Å²) in [4.78, 5) is 24.1. The second-order valence-electron chi connectivity index (χ2n) is 6.32. The number of halogens is 2. The Bertz CT molecular complexity index is 1130. The van der Waals surface area contributed by atoms with Gasteiger partial charge in [0.2, 0.25) is 0 Å². The molecule has 3 rings (SSSR count). The molecule has 3 aromatic carbocycles. The van der Waals surface area contributed by atoms with Crippen molar-refractivity contribution in [1.82, 2.24) is 5.43 Å². The number of carbonyl (C=O) groups is 2. The number of esters is 1. The van der Waals surface area contributed by atoms with Crippen LogP contribution in [0.4, 0.5) is 0 Å². The number of ether oxygens (including phenoxy) is 3. The molecule has 3 aromatic rings. The van der Waals surface area contributed by atoms with E-state index in [1.165, 1.54) is 25.5 Å². The van der Waals surface area contributed by atoms with Gasteiger partial charge >= 0.3 is 5.97 Å². The number of methoxy groups -OCH3 is 1. The topological polar surface area (TPSA) is 86.2 Å². The van der Waals surface area contributed by atoms with Crippen LogP contribution in [0.1, 0.15) is 15.9 Å². The molecule has 1 N–H and O–H groups in total. The van der Waals surface area contributed by atoms with Gasteiger partial charge in [-0.3, -0.25) is 4.79 Å². The number of hydrazone groups is 1. The van der Waals surface area contributed by atoms with Gasteiger partial charge in [-0.25, -0.2) is 10.2 Å². The van der Waals surface area contributed by atoms with Crippen LogP contribution >= 0.6 is 23.2 Å². The summed E-state index contributed by atoms with van der Waals surface area (Å²) in [7, 11) is 1.52. The van der Waals surface area contributed by atoms with E-state index in [2.05, 4.69) is 10.5 Å². The normalized spacial score (nSPS) is 10.6. The van der Waals surface area contributed by atoms with Crippen molar-refractivity contribution < 1.29 is 23.8 Å². The SMILES string of the molecule is COc1ccccc1OCC(=O)N/N=C/c1ccc(OC(=O)c2ccc(Cl)cc2Cl)cc1. The summed E-state index contributed by atoms with van der Waals surface area (Å²) in [6.45, 7) is -0.222. The van der Waals surface area contributed by atoms with Gasteiger partial charge < -0.3 is 14.2 Å². The number of amides is 1. The number of hydrogen-bond acceptors (Lipinski definition) is 6. The smallest absolute Gasteiger partial charge is 0.345 e. The lowest BCUT2D eigenvalue weighted by Gasteiger charge is -2.09. The minimum absolute atomic E-state index is 0.205. The summed E-state index contributed by atoms with van der Waals surface area (Å²) >= 11 is 11.8. The maximum absolute atomic E-state index is 12.2. The van der Waals surface area contributed by atoms with Gasteiger partial charge in [-0.1, -0.05) is 35.3 Å². The molecule has 0 atom stereocenters. The van der Waals surface area contributed by atoms with E-state index in [0.29, 0.717) is 27.8 Å². The van der Waals surface area contributed by atoms with Gasteiger partial charge in [0.05, 0.1) is 23.9 Å². The fourth-order valence-corrected chi connectivity index (χ4v) is 3.02. The van der Waals surface area contributed by atoms with Gasteiger partial charge in [0.25, 0.3) is 5.91 Å². The Kier molecular flexibility index (Phi) is 8.08. The maximum atomic E-state index is 12.2. The van der Waals surface area contributed by atoms with Gasteiger partial charge in [0.15, 0.2) is 18.1 Å². The van der Waals surface area contributed by atoms with E-state index < -0.39 is 11.9 Å². The number of rotatable bonds is 8. The van der Waals surface area contributed by atoms with E-state index >= 15 is 0 Å². The van der Waals surface area contributed by atoms with Gasteiger partial charge in [-0.15, -0.1) is 0 Å². The van der Waals surface area contributed by atoms with E-state index in [1.54, 1.807) is 54.6 Å². The Hall–Kier alpha value is -3.55. The molecule has 32 heavy (non-hydrogen) atoms. The van der Waals surface area contributed by atoms with E-state index in [-0.39, 0.29) is 17.2 Å². The molecule has 0 aliphatic heterocycles. The van der Waals surface area contributed by atoms with Crippen molar-refractivity contribution in [3.8, 4) is 17.2 Å². The van der Waals surface area contributed by atoms with Crippen molar-refractivity contribution in [3.63, 3.8) is 0 Å². The molecule has 0 aromatic heterocycles. The van der Waals surface area contributed by atoms with Crippen LogP contribution in [0, 0.1) is 0 Å². The van der Waals surface area contributed by atoms with Gasteiger partial charge in [-0.2, -0.15) is 5.10 Å². The minimum Gasteiger partial charge on any atom is -0.493 e. The predicted octanol–water partition coefficient (Wildman–Crippen LogP) is 4.75. The second-order valence-corrected chi connectivity index (χ2v) is 7.16. The molecular weight excluding hydrogens is 455 g/mol. The quantitative estimate of drug-likeness (QED) is 0.221. The summed E-state index contributed by atoms with van der Waals surface area (Å²) < 4.78 is 15.9. The Morgan fingerprint density at radius 1 is 1.00 bits per heavy atom. The van der Waals surface area contributed by atoms with Crippen LogP contribution < -0.4 is 19.6 Å². The lowest BCUT2D eigenvalue weighted by atomic mass is 10.2. The number of para-hydroxylation sites is 2. The van der Waals surface area contributed by atoms with Gasteiger partial charge in [0.1, 0.15) is 5.75 Å². The highest BCUT2D eigenvalue weighted by atomic mass is 35.5. The molecule has 0 bridgehead atoms. The van der Waals surface area contributed by atoms with E-state index in [9.17, 15) is 9.59 Å². The lowest BCUT2D eigenvalue weighted by molar-refractivity contribution is -0.123. The summed E-state index contributed by atoms with van der Waals surface area (Å²) in [5.41, 5.74) is 3.26. The molecule has 9 heteroatoms. The number of carbonyl (C=O) groups excluding carboxylic acids is 2. The zero-order valence-electron chi connectivity index (χ0n) is 16.9. The molecule has 7 nitrogen and oxygen atoms in total. The van der Waals surface area contributed by atoms with Gasteiger partial charge in [-0.05, 0) is 60.2 Å². The number of hydrogen-bond donors (Lipinski definition) is 1. The van der Waals surface area contributed by atoms with Crippen molar-refractivity contribution in [2.45, 2.75) is 0 Å². The molecule has 1 amide bonds. The number of benzene rings is 3. The van der Waals surface area contributed by atoms with E-state index in [4.69, 9.17) is 37.4 Å². The molecule has 0 aliphatic carbocycles. The third-order valence-electron chi connectivity index (χ3n) is 4.07. The van der Waals surface area contributed by atoms with Crippen molar-refractivity contribution in [3.05, 3.63) is 87.9 Å². The monoisotopic (exact) mass is 472 g/mol. The first-order valence-corrected chi connectivity index (χ1v) is 10.1. The third kappa shape index (κ3) is 6.47. The average molecular weight is 473 g/mol. The highest BCUT2D eigenvalue weighted by Gasteiger charge is 2.13. The number of nitrogens with zero attached hydrogens (tertiary/aromatic N) is 1. The average Bonchev–Trinajstić information content (AvgIpc) is 2.79. The van der Waals surface area contributed by atoms with Gasteiger partial charge in [0, 0.05) is 5.02 Å². The molecule has 0 saturated carbocycles. The predicted molar refractivity (Wildman–Crippen MR) is 122 cm³/mol. The minimum atomic E-state index is -0.601. The van der Waals surface area contributed by atoms with Crippen molar-refractivity contribution in [2.75, 3.05) is 13.7 Å². The molecule has 0 radical (unpaired) electrons. The molecule has 0 spiro atoms. The van der Waals surface area contributed by atoms with Crippen molar-refractivity contribution >= 4 is 41.3 Å². The fourth-order valence-electron chi connectivity index (χ4n) is 2.53. The van der Waals surface area contributed by atoms with Crippen LogP contribution in [-0.2, 0) is 4.79 Å². The Morgan fingerprint density at radius 2 is 1.72 bits per heavy atom. The largest absolute Gasteiger partial charge is 0.493 e. The molecule has 0 heterocycles. The number of nitrogens with one attached hydrogen (secondary N) is 1. The van der Waals surface area contributed by atoms with Crippen LogP contribution in [0.2, 0.25) is 10.0 Å². The Morgan fingerprint density at radius 3 is 2.41 bits per heavy atom. The summed E-state index contributed by atoms with van der Waals surface area (Å²) in [6, 6.07) is 18.1. The first-order chi connectivity index (χ1) is 15.5. The van der Waals surface area contributed by atoms with Crippen molar-refractivity contribution in [2.24, 2.45) is 5.10 Å². The Balaban J connectivity index is 1.49. The fraction of sp³-hybridized carbons (Fsp3) is 0.0870. The molecule has 0 aliphatic rings. The first kappa shape index (κ1) is 23.1. The standard InChI is InChI=1S/C23H18Cl2N2O5/c1-30-20-4-2-3-5-21(20)31-14-22(28)27-26-13-15-6-9-17(10-7-15)32-23(29)18-11-8-16(24)12-19(18)25/h2-13H,14H2,1H3,(H,27,28)/b26-13+. The Labute approximate surface area is 194 Å². The molecule has 0 unspecified atom stereocenters. The van der Waals surface area contributed by atoms with E-state index in [1.807, 2.05) is 0 Å². The van der Waals surface area contributed by atoms with Crippen LogP contribution in [0.25, 0.3) is 0 Å². The highest BCUT2D eigenvalue weighted by Crippen LogP contribution is 2.25. The first-order valence-electron chi connectivity index (χ1n) is 9.31.